The zero-order chi connectivity index (χ0) is 28.4. The minimum absolute atomic E-state index is 0.205. The largest absolute Gasteiger partial charge is 0.373 e. The molecule has 0 amide bonds. The number of ether oxygens (including phenoxy) is 6. The van der Waals surface area contributed by atoms with Crippen LogP contribution in [0.4, 0.5) is 0 Å². The molecular weight excluding hydrogens is 468 g/mol. The van der Waals surface area contributed by atoms with Crippen LogP contribution < -0.4 is 0 Å². The average molecular weight is 533 g/mol. The summed E-state index contributed by atoms with van der Waals surface area (Å²) in [6, 6.07) is 0. The Morgan fingerprint density at radius 2 is 1.03 bits per heavy atom. The summed E-state index contributed by atoms with van der Waals surface area (Å²) < 4.78 is 33.0. The zero-order valence-electron chi connectivity index (χ0n) is 26.2. The molecule has 0 aliphatic carbocycles. The maximum atomic E-state index is 5.83. The molecule has 2 atom stereocenters. The van der Waals surface area contributed by atoms with E-state index >= 15 is 0 Å². The van der Waals surface area contributed by atoms with E-state index in [-0.39, 0.29) is 12.0 Å². The Morgan fingerprint density at radius 3 is 1.38 bits per heavy atom. The Kier molecular flexibility index (Phi) is 26.9. The highest BCUT2D eigenvalue weighted by Crippen LogP contribution is 2.29. The van der Waals surface area contributed by atoms with Gasteiger partial charge in [0.2, 0.25) is 0 Å². The number of unbranched alkanes of at least 4 members (excludes halogenated alkanes) is 10. The lowest BCUT2D eigenvalue weighted by Crippen LogP contribution is -2.48. The molecule has 0 fully saturated rings. The minimum Gasteiger partial charge on any atom is -0.373 e. The van der Waals surface area contributed by atoms with E-state index in [2.05, 4.69) is 20.4 Å². The van der Waals surface area contributed by atoms with Crippen LogP contribution in [0.15, 0.2) is 12.7 Å². The number of rotatable bonds is 25. The summed E-state index contributed by atoms with van der Waals surface area (Å²) in [5.74, 6) is -1.31. The summed E-state index contributed by atoms with van der Waals surface area (Å²) >= 11 is 0. The molecule has 224 valence electrons. The average Bonchev–Trinajstić information content (AvgIpc) is 2.90. The van der Waals surface area contributed by atoms with Gasteiger partial charge in [0.1, 0.15) is 6.10 Å². The molecule has 6 heteroatoms. The predicted molar refractivity (Wildman–Crippen MR) is 156 cm³/mol. The van der Waals surface area contributed by atoms with Crippen molar-refractivity contribution in [3.05, 3.63) is 12.7 Å². The van der Waals surface area contributed by atoms with Crippen LogP contribution in [0.25, 0.3) is 0 Å². The van der Waals surface area contributed by atoms with Crippen molar-refractivity contribution in [1.29, 1.82) is 0 Å². The van der Waals surface area contributed by atoms with Crippen molar-refractivity contribution >= 4 is 0 Å². The quantitative estimate of drug-likeness (QED) is 0.0666. The molecule has 6 nitrogen and oxygen atoms in total. The second-order valence-electron chi connectivity index (χ2n) is 9.78. The van der Waals surface area contributed by atoms with Crippen LogP contribution in [-0.4, -0.2) is 59.5 Å². The van der Waals surface area contributed by atoms with Crippen LogP contribution in [-0.2, 0) is 28.4 Å². The van der Waals surface area contributed by atoms with Crippen LogP contribution in [0.2, 0.25) is 0 Å². The Labute approximate surface area is 231 Å². The van der Waals surface area contributed by atoms with E-state index in [1.807, 2.05) is 26.8 Å². The van der Waals surface area contributed by atoms with Gasteiger partial charge in [0.25, 0.3) is 0 Å². The second kappa shape index (κ2) is 25.8. The van der Waals surface area contributed by atoms with Gasteiger partial charge in [0.15, 0.2) is 5.79 Å². The molecule has 0 rings (SSSR count). The molecule has 0 aromatic carbocycles. The highest BCUT2D eigenvalue weighted by Gasteiger charge is 2.40. The van der Waals surface area contributed by atoms with Gasteiger partial charge in [0.05, 0.1) is 0 Å². The standard InChI is InChI=1S/C17H34O2.C14H30O4/c1-6-10-11-12-13-14-15-16(7-2)17(5,18-8-3)19-9-4;1-6-7-8-9-10-11-12-13(15-2)14(16-3,17-4)18-5/h7,16H,2,6,8-15H2,1,3-5H3;13H,6-12H2,1-5H3. The molecule has 0 aliphatic heterocycles. The molecule has 0 aromatic rings. The third kappa shape index (κ3) is 16.9. The lowest BCUT2D eigenvalue weighted by Gasteiger charge is -2.35. The SMILES string of the molecule is C=CC(CCCCCCCC)C(C)(OCC)OCC.CCCCCCCCC(OC)C(OC)(OC)OC. The fourth-order valence-corrected chi connectivity index (χ4v) is 4.76. The van der Waals surface area contributed by atoms with Gasteiger partial charge in [0, 0.05) is 47.6 Å². The van der Waals surface area contributed by atoms with Gasteiger partial charge < -0.3 is 28.4 Å². The molecule has 0 N–H and O–H groups in total. The van der Waals surface area contributed by atoms with Crippen LogP contribution in [0, 0.1) is 5.92 Å². The lowest BCUT2D eigenvalue weighted by atomic mass is 9.92. The topological polar surface area (TPSA) is 55.4 Å². The van der Waals surface area contributed by atoms with Gasteiger partial charge in [-0.2, -0.15) is 0 Å². The van der Waals surface area contributed by atoms with Gasteiger partial charge in [-0.3, -0.25) is 0 Å². The van der Waals surface area contributed by atoms with Crippen LogP contribution in [0.1, 0.15) is 125 Å². The Balaban J connectivity index is 0. The van der Waals surface area contributed by atoms with Crippen LogP contribution in [0.5, 0.6) is 0 Å². The lowest BCUT2D eigenvalue weighted by molar-refractivity contribution is -0.391. The van der Waals surface area contributed by atoms with Crippen LogP contribution >= 0.6 is 0 Å². The van der Waals surface area contributed by atoms with Crippen molar-refractivity contribution in [3.63, 3.8) is 0 Å². The molecule has 0 bridgehead atoms. The molecule has 2 unspecified atom stereocenters. The van der Waals surface area contributed by atoms with E-state index in [1.54, 1.807) is 28.4 Å². The predicted octanol–water partition coefficient (Wildman–Crippen LogP) is 8.67. The molecule has 37 heavy (non-hydrogen) atoms. The minimum atomic E-state index is -1.09. The number of hydrogen-bond donors (Lipinski definition) is 0. The molecule has 0 aliphatic rings. The second-order valence-corrected chi connectivity index (χ2v) is 9.78. The summed E-state index contributed by atoms with van der Waals surface area (Å²) in [4.78, 5) is 0. The third-order valence-corrected chi connectivity index (χ3v) is 7.04. The first kappa shape index (κ1) is 38.6. The molecule has 0 aromatic heterocycles. The van der Waals surface area contributed by atoms with Gasteiger partial charge in [-0.05, 0) is 33.6 Å². The van der Waals surface area contributed by atoms with Gasteiger partial charge in [-0.1, -0.05) is 97.0 Å². The van der Waals surface area contributed by atoms with Crippen LogP contribution in [0.3, 0.4) is 0 Å². The highest BCUT2D eigenvalue weighted by molar-refractivity contribution is 4.89. The van der Waals surface area contributed by atoms with Crippen molar-refractivity contribution in [2.45, 2.75) is 142 Å². The van der Waals surface area contributed by atoms with Gasteiger partial charge >= 0.3 is 5.97 Å². The maximum Gasteiger partial charge on any atom is 0.310 e. The van der Waals surface area contributed by atoms with Crippen molar-refractivity contribution in [3.8, 4) is 0 Å². The van der Waals surface area contributed by atoms with Gasteiger partial charge in [-0.15, -0.1) is 6.58 Å². The van der Waals surface area contributed by atoms with E-state index in [0.29, 0.717) is 13.2 Å². The summed E-state index contributed by atoms with van der Waals surface area (Å²) in [5.41, 5.74) is 0. The highest BCUT2D eigenvalue weighted by atomic mass is 16.9. The van der Waals surface area contributed by atoms with E-state index in [9.17, 15) is 0 Å². The first-order valence-corrected chi connectivity index (χ1v) is 14.9. The fourth-order valence-electron chi connectivity index (χ4n) is 4.76. The molecule has 0 radical (unpaired) electrons. The Hall–Kier alpha value is -0.500. The maximum absolute atomic E-state index is 5.83. The van der Waals surface area contributed by atoms with Crippen molar-refractivity contribution in [2.24, 2.45) is 5.92 Å². The van der Waals surface area contributed by atoms with Crippen molar-refractivity contribution < 1.29 is 28.4 Å². The summed E-state index contributed by atoms with van der Waals surface area (Å²) in [6.45, 7) is 15.9. The van der Waals surface area contributed by atoms with Gasteiger partial charge in [-0.25, -0.2) is 0 Å². The van der Waals surface area contributed by atoms with Crippen molar-refractivity contribution in [2.75, 3.05) is 41.7 Å². The molecule has 0 spiro atoms. The molecule has 0 saturated carbocycles. The Bertz CT molecular complexity index is 466. The first-order chi connectivity index (χ1) is 17.8. The molecular formula is C31H64O6. The number of methoxy groups -OCH3 is 4. The smallest absolute Gasteiger partial charge is 0.310 e. The van der Waals surface area contributed by atoms with E-state index in [0.717, 1.165) is 19.3 Å². The first-order valence-electron chi connectivity index (χ1n) is 14.9. The number of hydrogen-bond acceptors (Lipinski definition) is 6. The monoisotopic (exact) mass is 532 g/mol. The summed E-state index contributed by atoms with van der Waals surface area (Å²) in [5, 5.41) is 0. The molecule has 0 saturated heterocycles. The zero-order valence-corrected chi connectivity index (χ0v) is 26.2. The van der Waals surface area contributed by atoms with E-state index < -0.39 is 11.8 Å². The molecule has 0 heterocycles. The Morgan fingerprint density at radius 1 is 0.622 bits per heavy atom. The summed E-state index contributed by atoms with van der Waals surface area (Å²) in [6.07, 6.45) is 19.2. The normalized spacial score (nSPS) is 13.6. The third-order valence-electron chi connectivity index (χ3n) is 7.04. The van der Waals surface area contributed by atoms with Crippen molar-refractivity contribution in [1.82, 2.24) is 0 Å². The van der Waals surface area contributed by atoms with E-state index in [1.165, 1.54) is 70.6 Å². The van der Waals surface area contributed by atoms with E-state index in [4.69, 9.17) is 28.4 Å². The summed E-state index contributed by atoms with van der Waals surface area (Å²) in [7, 11) is 6.37. The fraction of sp³-hybridized carbons (Fsp3) is 0.935.